The van der Waals surface area contributed by atoms with Gasteiger partial charge in [-0.15, -0.1) is 0 Å². The Morgan fingerprint density at radius 1 is 1.10 bits per heavy atom. The number of anilines is 1. The van der Waals surface area contributed by atoms with E-state index in [0.717, 1.165) is 12.8 Å². The molecule has 1 aliphatic carbocycles. The first kappa shape index (κ1) is 12.8. The van der Waals surface area contributed by atoms with Gasteiger partial charge in [0, 0.05) is 44.5 Å². The highest BCUT2D eigenvalue weighted by atomic mass is 16.2. The Labute approximate surface area is 117 Å². The molecule has 0 radical (unpaired) electrons. The maximum Gasteiger partial charge on any atom is 0.324 e. The first-order chi connectivity index (χ1) is 9.74. The summed E-state index contributed by atoms with van der Waals surface area (Å²) >= 11 is 0. The molecular weight excluding hydrogens is 258 g/mol. The molecular formula is C13H17N5O2. The van der Waals surface area contributed by atoms with Crippen molar-refractivity contribution in [2.24, 2.45) is 5.92 Å². The van der Waals surface area contributed by atoms with E-state index in [9.17, 15) is 9.59 Å². The quantitative estimate of drug-likeness (QED) is 0.836. The summed E-state index contributed by atoms with van der Waals surface area (Å²) in [5, 5.41) is 2.46. The van der Waals surface area contributed by atoms with Crippen molar-refractivity contribution in [1.82, 2.24) is 20.2 Å². The van der Waals surface area contributed by atoms with Crippen LogP contribution in [0.15, 0.2) is 18.5 Å². The fourth-order valence-corrected chi connectivity index (χ4v) is 2.20. The average Bonchev–Trinajstić information content (AvgIpc) is 3.33. The average molecular weight is 275 g/mol. The summed E-state index contributed by atoms with van der Waals surface area (Å²) in [6, 6.07) is 1.49. The standard InChI is InChI=1S/C13H17N5O2/c19-11(10-2-3-10)16-13(20)18-8-6-17(7-9-18)12-14-4-1-5-15-12/h1,4-5,10H,2-3,6-9H2,(H,16,19,20). The SMILES string of the molecule is O=C(NC(=O)N1CCN(c2ncccn2)CC1)C1CC1. The van der Waals surface area contributed by atoms with Crippen molar-refractivity contribution in [3.63, 3.8) is 0 Å². The van der Waals surface area contributed by atoms with Crippen LogP contribution in [0.3, 0.4) is 0 Å². The second-order valence-corrected chi connectivity index (χ2v) is 5.09. The summed E-state index contributed by atoms with van der Waals surface area (Å²) in [7, 11) is 0. The smallest absolute Gasteiger partial charge is 0.324 e. The Morgan fingerprint density at radius 3 is 2.35 bits per heavy atom. The third-order valence-electron chi connectivity index (χ3n) is 3.58. The summed E-state index contributed by atoms with van der Waals surface area (Å²) in [5.41, 5.74) is 0. The summed E-state index contributed by atoms with van der Waals surface area (Å²) in [5.74, 6) is 0.600. The second kappa shape index (κ2) is 5.44. The molecule has 0 unspecified atom stereocenters. The Bertz CT molecular complexity index is 495. The minimum atomic E-state index is -0.282. The van der Waals surface area contributed by atoms with Gasteiger partial charge in [0.2, 0.25) is 11.9 Å². The van der Waals surface area contributed by atoms with Crippen LogP contribution in [-0.4, -0.2) is 53.0 Å². The Morgan fingerprint density at radius 2 is 1.75 bits per heavy atom. The largest absolute Gasteiger partial charge is 0.337 e. The van der Waals surface area contributed by atoms with Crippen LogP contribution in [0.1, 0.15) is 12.8 Å². The Balaban J connectivity index is 1.50. The second-order valence-electron chi connectivity index (χ2n) is 5.09. The number of hydrogen-bond donors (Lipinski definition) is 1. The molecule has 0 aromatic carbocycles. The summed E-state index contributed by atoms with van der Waals surface area (Å²) in [4.78, 5) is 35.6. The fourth-order valence-electron chi connectivity index (χ4n) is 2.20. The molecule has 0 bridgehead atoms. The molecule has 2 heterocycles. The number of rotatable bonds is 2. The normalized spacial score (nSPS) is 18.8. The van der Waals surface area contributed by atoms with Gasteiger partial charge in [-0.05, 0) is 18.9 Å². The van der Waals surface area contributed by atoms with Crippen LogP contribution in [0.4, 0.5) is 10.7 Å². The molecule has 1 saturated heterocycles. The first-order valence-electron chi connectivity index (χ1n) is 6.86. The van der Waals surface area contributed by atoms with Crippen molar-refractivity contribution < 1.29 is 9.59 Å². The van der Waals surface area contributed by atoms with Crippen molar-refractivity contribution in [3.05, 3.63) is 18.5 Å². The number of hydrogen-bond acceptors (Lipinski definition) is 5. The van der Waals surface area contributed by atoms with Crippen molar-refractivity contribution in [3.8, 4) is 0 Å². The molecule has 0 atom stereocenters. The van der Waals surface area contributed by atoms with Gasteiger partial charge < -0.3 is 9.80 Å². The lowest BCUT2D eigenvalue weighted by Crippen LogP contribution is -2.53. The van der Waals surface area contributed by atoms with Crippen molar-refractivity contribution in [2.45, 2.75) is 12.8 Å². The van der Waals surface area contributed by atoms with Gasteiger partial charge in [-0.1, -0.05) is 0 Å². The van der Waals surface area contributed by atoms with Crippen LogP contribution in [0.2, 0.25) is 0 Å². The molecule has 7 nitrogen and oxygen atoms in total. The van der Waals surface area contributed by atoms with Crippen molar-refractivity contribution >= 4 is 17.9 Å². The van der Waals surface area contributed by atoms with Crippen molar-refractivity contribution in [1.29, 1.82) is 0 Å². The van der Waals surface area contributed by atoms with Gasteiger partial charge in [0.15, 0.2) is 0 Å². The van der Waals surface area contributed by atoms with Gasteiger partial charge in [-0.25, -0.2) is 14.8 Å². The topological polar surface area (TPSA) is 78.4 Å². The number of aromatic nitrogens is 2. The van der Waals surface area contributed by atoms with Crippen molar-refractivity contribution in [2.75, 3.05) is 31.1 Å². The minimum absolute atomic E-state index is 0.0537. The van der Waals surface area contributed by atoms with Gasteiger partial charge >= 0.3 is 6.03 Å². The Hall–Kier alpha value is -2.18. The summed E-state index contributed by atoms with van der Waals surface area (Å²) < 4.78 is 0. The van der Waals surface area contributed by atoms with Crippen LogP contribution in [0.5, 0.6) is 0 Å². The molecule has 0 spiro atoms. The number of imide groups is 1. The molecule has 2 fully saturated rings. The maximum atomic E-state index is 11.9. The lowest BCUT2D eigenvalue weighted by molar-refractivity contribution is -0.121. The number of urea groups is 1. The zero-order valence-corrected chi connectivity index (χ0v) is 11.2. The highest BCUT2D eigenvalue weighted by Gasteiger charge is 2.32. The van der Waals surface area contributed by atoms with Gasteiger partial charge in [0.05, 0.1) is 0 Å². The van der Waals surface area contributed by atoms with Gasteiger partial charge in [-0.2, -0.15) is 0 Å². The van der Waals surface area contributed by atoms with Gasteiger partial charge in [0.1, 0.15) is 0 Å². The molecule has 7 heteroatoms. The fraction of sp³-hybridized carbons (Fsp3) is 0.538. The van der Waals surface area contributed by atoms with Crippen LogP contribution in [-0.2, 0) is 4.79 Å². The lowest BCUT2D eigenvalue weighted by Gasteiger charge is -2.34. The number of carbonyl (C=O) groups excluding carboxylic acids is 2. The predicted octanol–water partition coefficient (Wildman–Crippen LogP) is 0.245. The number of piperazine rings is 1. The van der Waals surface area contributed by atoms with E-state index in [1.165, 1.54) is 0 Å². The summed E-state index contributed by atoms with van der Waals surface area (Å²) in [6.07, 6.45) is 5.21. The predicted molar refractivity (Wildman–Crippen MR) is 72.1 cm³/mol. The Kier molecular flexibility index (Phi) is 3.49. The van der Waals surface area contributed by atoms with E-state index in [-0.39, 0.29) is 17.9 Å². The van der Waals surface area contributed by atoms with E-state index in [0.29, 0.717) is 32.1 Å². The van der Waals surface area contributed by atoms with E-state index < -0.39 is 0 Å². The van der Waals surface area contributed by atoms with Gasteiger partial charge in [-0.3, -0.25) is 10.1 Å². The van der Waals surface area contributed by atoms with E-state index in [1.54, 1.807) is 23.4 Å². The molecule has 1 N–H and O–H groups in total. The third-order valence-corrected chi connectivity index (χ3v) is 3.58. The van der Waals surface area contributed by atoms with E-state index in [1.807, 2.05) is 4.90 Å². The molecule has 3 rings (SSSR count). The molecule has 1 aromatic heterocycles. The molecule has 106 valence electrons. The van der Waals surface area contributed by atoms with E-state index in [2.05, 4.69) is 15.3 Å². The van der Waals surface area contributed by atoms with E-state index >= 15 is 0 Å². The van der Waals surface area contributed by atoms with Crippen LogP contribution >= 0.6 is 0 Å². The van der Waals surface area contributed by atoms with E-state index in [4.69, 9.17) is 0 Å². The molecule has 20 heavy (non-hydrogen) atoms. The zero-order chi connectivity index (χ0) is 13.9. The maximum absolute atomic E-state index is 11.9. The first-order valence-corrected chi connectivity index (χ1v) is 6.86. The minimum Gasteiger partial charge on any atom is -0.337 e. The zero-order valence-electron chi connectivity index (χ0n) is 11.2. The number of nitrogens with zero attached hydrogens (tertiary/aromatic N) is 4. The molecule has 3 amide bonds. The molecule has 2 aliphatic rings. The monoisotopic (exact) mass is 275 g/mol. The highest BCUT2D eigenvalue weighted by molar-refractivity contribution is 5.96. The van der Waals surface area contributed by atoms with Crippen LogP contribution in [0.25, 0.3) is 0 Å². The number of carbonyl (C=O) groups is 2. The molecule has 1 aromatic rings. The lowest BCUT2D eigenvalue weighted by atomic mass is 10.3. The molecule has 1 aliphatic heterocycles. The highest BCUT2D eigenvalue weighted by Crippen LogP contribution is 2.28. The third kappa shape index (κ3) is 2.87. The van der Waals surface area contributed by atoms with Crippen LogP contribution < -0.4 is 10.2 Å². The summed E-state index contributed by atoms with van der Waals surface area (Å²) in [6.45, 7) is 2.49. The van der Waals surface area contributed by atoms with Crippen LogP contribution in [0, 0.1) is 5.92 Å². The number of amides is 3. The molecule has 1 saturated carbocycles. The van der Waals surface area contributed by atoms with Gasteiger partial charge in [0.25, 0.3) is 0 Å². The number of nitrogens with one attached hydrogen (secondary N) is 1.